The van der Waals surface area contributed by atoms with Gasteiger partial charge in [0.2, 0.25) is 0 Å². The van der Waals surface area contributed by atoms with E-state index in [-0.39, 0.29) is 6.10 Å². The minimum absolute atomic E-state index is 0.0702. The number of hydrogen-bond acceptors (Lipinski definition) is 5. The molecule has 1 aliphatic rings. The van der Waals surface area contributed by atoms with E-state index < -0.39 is 0 Å². The van der Waals surface area contributed by atoms with Crippen LogP contribution in [0.5, 0.6) is 0 Å². The third kappa shape index (κ3) is 3.87. The molecule has 1 aromatic heterocycles. The van der Waals surface area contributed by atoms with Crippen molar-refractivity contribution in [3.8, 4) is 5.69 Å². The van der Waals surface area contributed by atoms with Crippen molar-refractivity contribution in [1.82, 2.24) is 14.9 Å². The highest BCUT2D eigenvalue weighted by Gasteiger charge is 2.12. The molecule has 0 atom stereocenters. The Balaban J connectivity index is 1.64. The molecule has 6 nitrogen and oxygen atoms in total. The van der Waals surface area contributed by atoms with Gasteiger partial charge in [0.05, 0.1) is 16.7 Å². The molecule has 0 radical (unpaired) electrons. The molecule has 0 saturated carbocycles. The van der Waals surface area contributed by atoms with Crippen molar-refractivity contribution >= 4 is 22.4 Å². The number of nitrogens with zero attached hydrogens (tertiary/aromatic N) is 4. The van der Waals surface area contributed by atoms with Crippen LogP contribution >= 0.6 is 0 Å². The normalized spacial score (nSPS) is 15.4. The van der Waals surface area contributed by atoms with E-state index in [0.29, 0.717) is 0 Å². The summed E-state index contributed by atoms with van der Waals surface area (Å²) in [4.78, 5) is 12.4. The molecule has 6 heteroatoms. The number of aromatic nitrogens is 2. The summed E-state index contributed by atoms with van der Waals surface area (Å²) in [5.74, 6) is 0. The Morgan fingerprint density at radius 1 is 1.11 bits per heavy atom. The number of hydrogen-bond donors (Lipinski definition) is 1. The molecule has 0 amide bonds. The monoisotopic (exact) mass is 377 g/mol. The molecular formula is C22H27N5O. The second-order valence-corrected chi connectivity index (χ2v) is 7.41. The number of imidazole rings is 1. The van der Waals surface area contributed by atoms with Crippen molar-refractivity contribution < 1.29 is 4.84 Å². The van der Waals surface area contributed by atoms with Crippen LogP contribution in [0.2, 0.25) is 0 Å². The minimum atomic E-state index is 0.0702. The first kappa shape index (κ1) is 18.5. The smallest absolute Gasteiger partial charge is 0.122 e. The van der Waals surface area contributed by atoms with Gasteiger partial charge in [0, 0.05) is 43.1 Å². The summed E-state index contributed by atoms with van der Waals surface area (Å²) in [6.45, 7) is 10.0. The van der Waals surface area contributed by atoms with Crippen LogP contribution in [0.25, 0.3) is 16.7 Å². The SMILES string of the molecule is CC(=NOC(C)C)c1ccc2c(c1)ncn2-c1cccc(N2CCNCC2)c1. The third-order valence-corrected chi connectivity index (χ3v) is 4.96. The average Bonchev–Trinajstić information content (AvgIpc) is 3.16. The highest BCUT2D eigenvalue weighted by Crippen LogP contribution is 2.24. The van der Waals surface area contributed by atoms with E-state index in [4.69, 9.17) is 4.84 Å². The zero-order chi connectivity index (χ0) is 19.5. The Labute approximate surface area is 165 Å². The van der Waals surface area contributed by atoms with Crippen molar-refractivity contribution in [3.05, 3.63) is 54.4 Å². The largest absolute Gasteiger partial charge is 0.393 e. The molecule has 146 valence electrons. The van der Waals surface area contributed by atoms with Gasteiger partial charge < -0.3 is 15.1 Å². The topological polar surface area (TPSA) is 54.7 Å². The fraction of sp³-hybridized carbons (Fsp3) is 0.364. The van der Waals surface area contributed by atoms with E-state index in [2.05, 4.69) is 67.4 Å². The number of rotatable bonds is 5. The molecule has 1 aliphatic heterocycles. The summed E-state index contributed by atoms with van der Waals surface area (Å²) in [7, 11) is 0. The number of nitrogens with one attached hydrogen (secondary N) is 1. The van der Waals surface area contributed by atoms with Gasteiger partial charge in [0.15, 0.2) is 0 Å². The van der Waals surface area contributed by atoms with Crippen LogP contribution in [0.1, 0.15) is 26.3 Å². The molecule has 1 N–H and O–H groups in total. The molecule has 0 bridgehead atoms. The van der Waals surface area contributed by atoms with Gasteiger partial charge in [0.25, 0.3) is 0 Å². The predicted octanol–water partition coefficient (Wildman–Crippen LogP) is 3.58. The maximum absolute atomic E-state index is 5.37. The van der Waals surface area contributed by atoms with Crippen molar-refractivity contribution in [2.45, 2.75) is 26.9 Å². The lowest BCUT2D eigenvalue weighted by Crippen LogP contribution is -2.43. The second kappa shape index (κ2) is 8.02. The van der Waals surface area contributed by atoms with E-state index in [1.165, 1.54) is 5.69 Å². The van der Waals surface area contributed by atoms with Crippen molar-refractivity contribution in [2.24, 2.45) is 5.16 Å². The van der Waals surface area contributed by atoms with Gasteiger partial charge in [-0.25, -0.2) is 4.98 Å². The van der Waals surface area contributed by atoms with E-state index >= 15 is 0 Å². The standard InChI is InChI=1S/C22H27N5O/c1-16(2)28-25-17(3)18-7-8-22-21(13-18)24-15-27(22)20-6-4-5-19(14-20)26-11-9-23-10-12-26/h4-8,13-16,23H,9-12H2,1-3H3. The summed E-state index contributed by atoms with van der Waals surface area (Å²) < 4.78 is 2.14. The zero-order valence-corrected chi connectivity index (χ0v) is 16.7. The molecule has 0 unspecified atom stereocenters. The van der Waals surface area contributed by atoms with Gasteiger partial charge in [-0.3, -0.25) is 4.57 Å². The minimum Gasteiger partial charge on any atom is -0.393 e. The molecule has 28 heavy (non-hydrogen) atoms. The fourth-order valence-electron chi connectivity index (χ4n) is 3.44. The summed E-state index contributed by atoms with van der Waals surface area (Å²) in [5.41, 5.74) is 6.29. The number of anilines is 1. The Bertz CT molecular complexity index is 986. The maximum atomic E-state index is 5.37. The maximum Gasteiger partial charge on any atom is 0.122 e. The van der Waals surface area contributed by atoms with Gasteiger partial charge >= 0.3 is 0 Å². The molecule has 1 fully saturated rings. The zero-order valence-electron chi connectivity index (χ0n) is 16.7. The highest BCUT2D eigenvalue weighted by atomic mass is 16.6. The van der Waals surface area contributed by atoms with Crippen LogP contribution < -0.4 is 10.2 Å². The van der Waals surface area contributed by atoms with Gasteiger partial charge in [0.1, 0.15) is 12.4 Å². The second-order valence-electron chi connectivity index (χ2n) is 7.41. The van der Waals surface area contributed by atoms with Gasteiger partial charge in [-0.1, -0.05) is 17.3 Å². The average molecular weight is 377 g/mol. The molecule has 2 heterocycles. The molecule has 3 aromatic rings. The molecule has 0 spiro atoms. The number of benzene rings is 2. The molecule has 2 aromatic carbocycles. The Hall–Kier alpha value is -2.86. The first-order valence-corrected chi connectivity index (χ1v) is 9.86. The Kier molecular flexibility index (Phi) is 5.30. The van der Waals surface area contributed by atoms with Crippen LogP contribution in [0.15, 0.2) is 53.9 Å². The van der Waals surface area contributed by atoms with Gasteiger partial charge in [-0.2, -0.15) is 0 Å². The molecule has 4 rings (SSSR count). The van der Waals surface area contributed by atoms with Crippen LogP contribution in [-0.2, 0) is 4.84 Å². The van der Waals surface area contributed by atoms with Crippen molar-refractivity contribution in [1.29, 1.82) is 0 Å². The van der Waals surface area contributed by atoms with Crippen LogP contribution in [0.3, 0.4) is 0 Å². The predicted molar refractivity (Wildman–Crippen MR) is 115 cm³/mol. The van der Waals surface area contributed by atoms with Crippen LogP contribution in [-0.4, -0.2) is 47.5 Å². The lowest BCUT2D eigenvalue weighted by atomic mass is 10.1. The van der Waals surface area contributed by atoms with Gasteiger partial charge in [-0.05, 0) is 51.1 Å². The van der Waals surface area contributed by atoms with E-state index in [0.717, 1.165) is 54.2 Å². The summed E-state index contributed by atoms with van der Waals surface area (Å²) in [5, 5.41) is 7.61. The number of fused-ring (bicyclic) bond motifs is 1. The van der Waals surface area contributed by atoms with Crippen LogP contribution in [0.4, 0.5) is 5.69 Å². The Morgan fingerprint density at radius 2 is 1.89 bits per heavy atom. The van der Waals surface area contributed by atoms with Gasteiger partial charge in [-0.15, -0.1) is 0 Å². The van der Waals surface area contributed by atoms with E-state index in [1.807, 2.05) is 27.1 Å². The van der Waals surface area contributed by atoms with E-state index in [1.54, 1.807) is 0 Å². The summed E-state index contributed by atoms with van der Waals surface area (Å²) in [6.07, 6.45) is 1.96. The molecule has 1 saturated heterocycles. The Morgan fingerprint density at radius 3 is 2.68 bits per heavy atom. The highest BCUT2D eigenvalue weighted by molar-refractivity contribution is 6.00. The van der Waals surface area contributed by atoms with E-state index in [9.17, 15) is 0 Å². The number of oxime groups is 1. The molecule has 0 aliphatic carbocycles. The summed E-state index contributed by atoms with van der Waals surface area (Å²) >= 11 is 0. The first-order valence-electron chi connectivity index (χ1n) is 9.86. The lowest BCUT2D eigenvalue weighted by Gasteiger charge is -2.29. The lowest BCUT2D eigenvalue weighted by molar-refractivity contribution is 0.0860. The summed E-state index contributed by atoms with van der Waals surface area (Å²) in [6, 6.07) is 14.9. The fourth-order valence-corrected chi connectivity index (χ4v) is 3.44. The third-order valence-electron chi connectivity index (χ3n) is 4.96. The van der Waals surface area contributed by atoms with Crippen molar-refractivity contribution in [3.63, 3.8) is 0 Å². The van der Waals surface area contributed by atoms with Crippen LogP contribution in [0, 0.1) is 0 Å². The molecular weight excluding hydrogens is 350 g/mol. The first-order chi connectivity index (χ1) is 13.6. The van der Waals surface area contributed by atoms with Crippen molar-refractivity contribution in [2.75, 3.05) is 31.1 Å². The number of piperazine rings is 1. The quantitative estimate of drug-likeness (QED) is 0.545.